The maximum Gasteiger partial charge on any atom is 0.235 e. The van der Waals surface area contributed by atoms with Crippen LogP contribution >= 0.6 is 0 Å². The van der Waals surface area contributed by atoms with Crippen LogP contribution in [0.5, 0.6) is 0 Å². The maximum absolute atomic E-state index is 6.54. The van der Waals surface area contributed by atoms with Gasteiger partial charge in [0.05, 0.1) is 17.1 Å². The van der Waals surface area contributed by atoms with Gasteiger partial charge in [0, 0.05) is 28.4 Å². The summed E-state index contributed by atoms with van der Waals surface area (Å²) in [6, 6.07) is 31.3. The summed E-state index contributed by atoms with van der Waals surface area (Å²) in [5, 5.41) is 0. The van der Waals surface area contributed by atoms with Gasteiger partial charge in [-0.15, -0.1) is 0 Å². The van der Waals surface area contributed by atoms with Gasteiger partial charge >= 0.3 is 0 Å². The third-order valence-electron chi connectivity index (χ3n) is 6.59. The number of aromatic nitrogens is 3. The number of nitrogens with zero attached hydrogens (tertiary/aromatic N) is 3. The Morgan fingerprint density at radius 3 is 1.97 bits per heavy atom. The molecule has 6 rings (SSSR count). The Balaban J connectivity index is 1.51. The fourth-order valence-corrected chi connectivity index (χ4v) is 4.58. The van der Waals surface area contributed by atoms with Crippen LogP contribution in [0, 0.1) is 0 Å². The zero-order chi connectivity index (χ0) is 21.5. The molecular formula is C28H24N4. The first-order valence-electron chi connectivity index (χ1n) is 11.1. The molecule has 5 aromatic rings. The molecule has 0 atom stereocenters. The van der Waals surface area contributed by atoms with Gasteiger partial charge in [-0.05, 0) is 30.9 Å². The second-order valence-corrected chi connectivity index (χ2v) is 8.61. The summed E-state index contributed by atoms with van der Waals surface area (Å²) in [6.45, 7) is 0. The highest BCUT2D eigenvalue weighted by molar-refractivity contribution is 5.82. The van der Waals surface area contributed by atoms with E-state index in [1.165, 1.54) is 12.0 Å². The standard InChI is InChI=1S/C28H24N4/c29-28(17-7-18-28)23-14-12-21(13-15-23)25-26(22-10-5-2-6-11-22)32-19-16-24(30-27(32)31-25)20-8-3-1-4-9-20/h1-6,8-16,19H,7,17-18,29H2. The summed E-state index contributed by atoms with van der Waals surface area (Å²) in [5.41, 5.74) is 13.7. The van der Waals surface area contributed by atoms with E-state index in [-0.39, 0.29) is 5.54 Å². The number of benzene rings is 3. The predicted molar refractivity (Wildman–Crippen MR) is 129 cm³/mol. The van der Waals surface area contributed by atoms with Gasteiger partial charge < -0.3 is 5.73 Å². The molecule has 0 unspecified atom stereocenters. The molecule has 3 aromatic carbocycles. The van der Waals surface area contributed by atoms with Crippen molar-refractivity contribution in [2.24, 2.45) is 5.73 Å². The van der Waals surface area contributed by atoms with Crippen LogP contribution in [0.3, 0.4) is 0 Å². The molecular weight excluding hydrogens is 392 g/mol. The summed E-state index contributed by atoms with van der Waals surface area (Å²) >= 11 is 0. The van der Waals surface area contributed by atoms with Crippen molar-refractivity contribution in [2.75, 3.05) is 0 Å². The van der Waals surface area contributed by atoms with Gasteiger partial charge in [-0.3, -0.25) is 4.40 Å². The lowest BCUT2D eigenvalue weighted by molar-refractivity contribution is 0.253. The van der Waals surface area contributed by atoms with E-state index < -0.39 is 0 Å². The molecule has 0 amide bonds. The van der Waals surface area contributed by atoms with Gasteiger partial charge in [0.1, 0.15) is 0 Å². The van der Waals surface area contributed by atoms with Crippen molar-refractivity contribution in [3.8, 4) is 33.8 Å². The molecule has 4 heteroatoms. The topological polar surface area (TPSA) is 56.2 Å². The molecule has 2 heterocycles. The minimum absolute atomic E-state index is 0.161. The summed E-state index contributed by atoms with van der Waals surface area (Å²) < 4.78 is 2.08. The van der Waals surface area contributed by atoms with E-state index >= 15 is 0 Å². The number of nitrogens with two attached hydrogens (primary N) is 1. The summed E-state index contributed by atoms with van der Waals surface area (Å²) in [6.07, 6.45) is 5.39. The molecule has 0 bridgehead atoms. The first kappa shape index (κ1) is 19.0. The Morgan fingerprint density at radius 1 is 0.688 bits per heavy atom. The van der Waals surface area contributed by atoms with Crippen molar-refractivity contribution in [3.63, 3.8) is 0 Å². The lowest BCUT2D eigenvalue weighted by atomic mass is 9.72. The van der Waals surface area contributed by atoms with Crippen LogP contribution in [-0.2, 0) is 5.54 Å². The van der Waals surface area contributed by atoms with Crippen molar-refractivity contribution in [2.45, 2.75) is 24.8 Å². The zero-order valence-electron chi connectivity index (χ0n) is 17.8. The first-order valence-corrected chi connectivity index (χ1v) is 11.1. The van der Waals surface area contributed by atoms with E-state index in [0.29, 0.717) is 5.78 Å². The molecule has 1 saturated carbocycles. The van der Waals surface area contributed by atoms with Crippen molar-refractivity contribution < 1.29 is 0 Å². The quantitative estimate of drug-likeness (QED) is 0.387. The van der Waals surface area contributed by atoms with Crippen LogP contribution in [-0.4, -0.2) is 14.4 Å². The monoisotopic (exact) mass is 416 g/mol. The van der Waals surface area contributed by atoms with Crippen molar-refractivity contribution in [1.29, 1.82) is 0 Å². The Hall–Kier alpha value is -3.76. The molecule has 1 aliphatic carbocycles. The fourth-order valence-electron chi connectivity index (χ4n) is 4.58. The van der Waals surface area contributed by atoms with Crippen LogP contribution in [0.2, 0.25) is 0 Å². The highest BCUT2D eigenvalue weighted by atomic mass is 15.1. The Bertz CT molecular complexity index is 1380. The normalized spacial score (nSPS) is 14.9. The average Bonchev–Trinajstić information content (AvgIpc) is 3.22. The van der Waals surface area contributed by atoms with Crippen LogP contribution in [0.25, 0.3) is 39.5 Å². The van der Waals surface area contributed by atoms with Crippen molar-refractivity contribution in [3.05, 3.63) is 103 Å². The molecule has 0 aliphatic heterocycles. The van der Waals surface area contributed by atoms with Gasteiger partial charge in [-0.1, -0.05) is 84.9 Å². The summed E-state index contributed by atoms with van der Waals surface area (Å²) in [4.78, 5) is 9.88. The molecule has 0 radical (unpaired) electrons. The lowest BCUT2D eigenvalue weighted by Gasteiger charge is -2.38. The maximum atomic E-state index is 6.54. The molecule has 156 valence electrons. The van der Waals surface area contributed by atoms with Gasteiger partial charge in [0.15, 0.2) is 0 Å². The average molecular weight is 417 g/mol. The minimum atomic E-state index is -0.161. The summed E-state index contributed by atoms with van der Waals surface area (Å²) in [5.74, 6) is 0.693. The SMILES string of the molecule is NC1(c2ccc(-c3nc4nc(-c5ccccc5)ccn4c3-c3ccccc3)cc2)CCC1. The smallest absolute Gasteiger partial charge is 0.235 e. The fraction of sp³-hybridized carbons (Fsp3) is 0.143. The molecule has 2 N–H and O–H groups in total. The number of fused-ring (bicyclic) bond motifs is 1. The molecule has 0 spiro atoms. The van der Waals surface area contributed by atoms with Gasteiger partial charge in [-0.25, -0.2) is 9.97 Å². The molecule has 1 aliphatic rings. The Kier molecular flexibility index (Phi) is 4.40. The molecule has 1 fully saturated rings. The zero-order valence-corrected chi connectivity index (χ0v) is 17.8. The Morgan fingerprint density at radius 2 is 1.34 bits per heavy atom. The molecule has 32 heavy (non-hydrogen) atoms. The van der Waals surface area contributed by atoms with E-state index in [1.807, 2.05) is 24.3 Å². The largest absolute Gasteiger partial charge is 0.321 e. The van der Waals surface area contributed by atoms with E-state index in [4.69, 9.17) is 15.7 Å². The number of hydrogen-bond acceptors (Lipinski definition) is 3. The third kappa shape index (κ3) is 3.12. The molecule has 4 nitrogen and oxygen atoms in total. The van der Waals surface area contributed by atoms with Crippen LogP contribution in [0.15, 0.2) is 97.2 Å². The lowest BCUT2D eigenvalue weighted by Crippen LogP contribution is -2.43. The highest BCUT2D eigenvalue weighted by Crippen LogP contribution is 2.40. The van der Waals surface area contributed by atoms with E-state index in [2.05, 4.69) is 77.3 Å². The third-order valence-corrected chi connectivity index (χ3v) is 6.59. The first-order chi connectivity index (χ1) is 15.7. The van der Waals surface area contributed by atoms with E-state index in [1.54, 1.807) is 0 Å². The Labute approximate surface area is 187 Å². The second kappa shape index (κ2) is 7.43. The number of hydrogen-bond donors (Lipinski definition) is 1. The van der Waals surface area contributed by atoms with Crippen LogP contribution < -0.4 is 5.73 Å². The van der Waals surface area contributed by atoms with Gasteiger partial charge in [-0.2, -0.15) is 0 Å². The summed E-state index contributed by atoms with van der Waals surface area (Å²) in [7, 11) is 0. The number of imidazole rings is 1. The number of rotatable bonds is 4. The van der Waals surface area contributed by atoms with Crippen molar-refractivity contribution in [1.82, 2.24) is 14.4 Å². The van der Waals surface area contributed by atoms with Gasteiger partial charge in [0.2, 0.25) is 5.78 Å². The minimum Gasteiger partial charge on any atom is -0.321 e. The highest BCUT2D eigenvalue weighted by Gasteiger charge is 2.34. The van der Waals surface area contributed by atoms with E-state index in [9.17, 15) is 0 Å². The molecule has 0 saturated heterocycles. The predicted octanol–water partition coefficient (Wildman–Crippen LogP) is 6.07. The van der Waals surface area contributed by atoms with Crippen molar-refractivity contribution >= 4 is 5.78 Å². The molecule has 2 aromatic heterocycles. The van der Waals surface area contributed by atoms with Crippen LogP contribution in [0.1, 0.15) is 24.8 Å². The van der Waals surface area contributed by atoms with E-state index in [0.717, 1.165) is 46.6 Å². The van der Waals surface area contributed by atoms with Crippen LogP contribution in [0.4, 0.5) is 0 Å². The van der Waals surface area contributed by atoms with Gasteiger partial charge in [0.25, 0.3) is 0 Å². The second-order valence-electron chi connectivity index (χ2n) is 8.61.